The van der Waals surface area contributed by atoms with Gasteiger partial charge in [-0.15, -0.1) is 0 Å². The van der Waals surface area contributed by atoms with Crippen LogP contribution in [0.4, 0.5) is 0 Å². The number of aromatic amines is 2. The van der Waals surface area contributed by atoms with Gasteiger partial charge in [0.05, 0.1) is 7.11 Å². The van der Waals surface area contributed by atoms with Gasteiger partial charge in [0, 0.05) is 6.42 Å². The van der Waals surface area contributed by atoms with E-state index >= 15 is 0 Å². The van der Waals surface area contributed by atoms with Crippen molar-refractivity contribution in [1.82, 2.24) is 15.2 Å². The molecular formula is C12H15N3OS. The molecule has 0 atom stereocenters. The highest BCUT2D eigenvalue weighted by atomic mass is 32.1. The van der Waals surface area contributed by atoms with E-state index in [1.165, 1.54) is 5.56 Å². The molecule has 0 aliphatic carbocycles. The molecule has 2 N–H and O–H groups in total. The zero-order valence-electron chi connectivity index (χ0n) is 9.69. The molecule has 1 heterocycles. The SMILES string of the molecule is COc1cccc(CCCc2nc(=S)[nH][nH]2)c1. The first-order valence-corrected chi connectivity index (χ1v) is 5.95. The van der Waals surface area contributed by atoms with E-state index in [1.807, 2.05) is 12.1 Å². The lowest BCUT2D eigenvalue weighted by molar-refractivity contribution is 0.414. The number of benzene rings is 1. The highest BCUT2D eigenvalue weighted by molar-refractivity contribution is 7.71. The Kier molecular flexibility index (Phi) is 3.93. The molecule has 1 aromatic carbocycles. The van der Waals surface area contributed by atoms with Gasteiger partial charge >= 0.3 is 0 Å². The quantitative estimate of drug-likeness (QED) is 0.801. The number of aryl methyl sites for hydroxylation is 2. The zero-order valence-corrected chi connectivity index (χ0v) is 10.5. The second-order valence-corrected chi connectivity index (χ2v) is 4.21. The molecule has 0 fully saturated rings. The van der Waals surface area contributed by atoms with E-state index in [9.17, 15) is 0 Å². The summed E-state index contributed by atoms with van der Waals surface area (Å²) < 4.78 is 5.70. The molecule has 0 radical (unpaired) electrons. The van der Waals surface area contributed by atoms with Crippen molar-refractivity contribution in [1.29, 1.82) is 0 Å². The third kappa shape index (κ3) is 3.42. The lowest BCUT2D eigenvalue weighted by atomic mass is 10.1. The van der Waals surface area contributed by atoms with Crippen molar-refractivity contribution in [3.05, 3.63) is 40.4 Å². The van der Waals surface area contributed by atoms with Crippen LogP contribution in [-0.4, -0.2) is 22.3 Å². The summed E-state index contributed by atoms with van der Waals surface area (Å²) in [5.41, 5.74) is 1.28. The molecule has 4 nitrogen and oxygen atoms in total. The van der Waals surface area contributed by atoms with Crippen LogP contribution in [0, 0.1) is 4.77 Å². The number of hydrogen-bond acceptors (Lipinski definition) is 3. The zero-order chi connectivity index (χ0) is 12.1. The molecule has 5 heteroatoms. The Balaban J connectivity index is 1.87. The monoisotopic (exact) mass is 249 g/mol. The third-order valence-corrected chi connectivity index (χ3v) is 2.76. The largest absolute Gasteiger partial charge is 0.497 e. The second-order valence-electron chi connectivity index (χ2n) is 3.82. The summed E-state index contributed by atoms with van der Waals surface area (Å²) in [6, 6.07) is 8.13. The first kappa shape index (κ1) is 11.9. The van der Waals surface area contributed by atoms with Gasteiger partial charge in [-0.25, -0.2) is 4.98 Å². The van der Waals surface area contributed by atoms with Gasteiger partial charge in [0.25, 0.3) is 0 Å². The fraction of sp³-hybridized carbons (Fsp3) is 0.333. The molecule has 0 spiro atoms. The molecule has 2 aromatic rings. The van der Waals surface area contributed by atoms with Crippen LogP contribution in [0.15, 0.2) is 24.3 Å². The molecule has 0 unspecified atom stereocenters. The van der Waals surface area contributed by atoms with Crippen LogP contribution in [0.3, 0.4) is 0 Å². The maximum absolute atomic E-state index is 5.19. The smallest absolute Gasteiger partial charge is 0.213 e. The lowest BCUT2D eigenvalue weighted by Crippen LogP contribution is -1.93. The first-order chi connectivity index (χ1) is 8.28. The van der Waals surface area contributed by atoms with Crippen LogP contribution >= 0.6 is 12.2 Å². The van der Waals surface area contributed by atoms with Gasteiger partial charge in [0.2, 0.25) is 4.77 Å². The van der Waals surface area contributed by atoms with E-state index < -0.39 is 0 Å². The average Bonchev–Trinajstić information content (AvgIpc) is 2.75. The van der Waals surface area contributed by atoms with Crippen molar-refractivity contribution in [2.75, 3.05) is 7.11 Å². The van der Waals surface area contributed by atoms with Gasteiger partial charge in [-0.2, -0.15) is 0 Å². The molecule has 0 aliphatic rings. The Bertz CT molecular complexity index is 532. The third-order valence-electron chi connectivity index (χ3n) is 2.56. The summed E-state index contributed by atoms with van der Waals surface area (Å²) in [5.74, 6) is 1.82. The predicted octanol–water partition coefficient (Wildman–Crippen LogP) is 2.65. The van der Waals surface area contributed by atoms with Crippen molar-refractivity contribution < 1.29 is 4.74 Å². The Labute approximate surface area is 105 Å². The van der Waals surface area contributed by atoms with Crippen LogP contribution < -0.4 is 4.74 Å². The van der Waals surface area contributed by atoms with Gasteiger partial charge in [0.1, 0.15) is 11.6 Å². The van der Waals surface area contributed by atoms with E-state index in [2.05, 4.69) is 27.3 Å². The van der Waals surface area contributed by atoms with Gasteiger partial charge in [-0.05, 0) is 42.8 Å². The Morgan fingerprint density at radius 1 is 1.29 bits per heavy atom. The first-order valence-electron chi connectivity index (χ1n) is 5.54. The fourth-order valence-electron chi connectivity index (χ4n) is 1.71. The maximum atomic E-state index is 5.19. The molecule has 17 heavy (non-hydrogen) atoms. The summed E-state index contributed by atoms with van der Waals surface area (Å²) in [5, 5.41) is 5.74. The molecular weight excluding hydrogens is 234 g/mol. The lowest BCUT2D eigenvalue weighted by Gasteiger charge is -2.03. The van der Waals surface area contributed by atoms with Crippen molar-refractivity contribution >= 4 is 12.2 Å². The number of ether oxygens (including phenoxy) is 1. The van der Waals surface area contributed by atoms with E-state index in [4.69, 9.17) is 17.0 Å². The number of aromatic nitrogens is 3. The highest BCUT2D eigenvalue weighted by Gasteiger charge is 1.99. The van der Waals surface area contributed by atoms with E-state index in [0.717, 1.165) is 30.8 Å². The van der Waals surface area contributed by atoms with E-state index in [-0.39, 0.29) is 0 Å². The van der Waals surface area contributed by atoms with Crippen molar-refractivity contribution in [2.24, 2.45) is 0 Å². The number of rotatable bonds is 5. The van der Waals surface area contributed by atoms with Crippen molar-refractivity contribution in [2.45, 2.75) is 19.3 Å². The highest BCUT2D eigenvalue weighted by Crippen LogP contribution is 2.14. The summed E-state index contributed by atoms with van der Waals surface area (Å²) in [7, 11) is 1.68. The summed E-state index contributed by atoms with van der Waals surface area (Å²) in [4.78, 5) is 4.15. The average molecular weight is 249 g/mol. The van der Waals surface area contributed by atoms with Crippen LogP contribution in [-0.2, 0) is 12.8 Å². The van der Waals surface area contributed by atoms with Gasteiger partial charge < -0.3 is 4.74 Å². The van der Waals surface area contributed by atoms with E-state index in [1.54, 1.807) is 7.11 Å². The molecule has 90 valence electrons. The minimum absolute atomic E-state index is 0.515. The standard InChI is InChI=1S/C12H15N3OS/c1-16-10-6-2-4-9(8-10)5-3-7-11-13-12(17)15-14-11/h2,4,6,8H,3,5,7H2,1H3,(H2,13,14,15,17). The molecule has 1 aromatic heterocycles. The van der Waals surface area contributed by atoms with E-state index in [0.29, 0.717) is 4.77 Å². The Hall–Kier alpha value is -1.62. The second kappa shape index (κ2) is 5.63. The van der Waals surface area contributed by atoms with Gasteiger partial charge in [-0.1, -0.05) is 12.1 Å². The number of nitrogens with one attached hydrogen (secondary N) is 2. The van der Waals surface area contributed by atoms with Crippen molar-refractivity contribution in [3.63, 3.8) is 0 Å². The number of hydrogen-bond donors (Lipinski definition) is 2. The topological polar surface area (TPSA) is 53.7 Å². The molecule has 0 amide bonds. The normalized spacial score (nSPS) is 10.4. The Morgan fingerprint density at radius 3 is 2.88 bits per heavy atom. The van der Waals surface area contributed by atoms with Crippen LogP contribution in [0.2, 0.25) is 0 Å². The fourth-order valence-corrected chi connectivity index (χ4v) is 1.87. The minimum atomic E-state index is 0.515. The van der Waals surface area contributed by atoms with Crippen molar-refractivity contribution in [3.8, 4) is 5.75 Å². The van der Waals surface area contributed by atoms with Crippen LogP contribution in [0.25, 0.3) is 0 Å². The number of methoxy groups -OCH3 is 1. The Morgan fingerprint density at radius 2 is 2.18 bits per heavy atom. The molecule has 0 bridgehead atoms. The molecule has 2 rings (SSSR count). The van der Waals surface area contributed by atoms with Crippen LogP contribution in [0.5, 0.6) is 5.75 Å². The van der Waals surface area contributed by atoms with Gasteiger partial charge in [-0.3, -0.25) is 10.2 Å². The summed E-state index contributed by atoms with van der Waals surface area (Å²) in [6.07, 6.45) is 2.93. The summed E-state index contributed by atoms with van der Waals surface area (Å²) >= 11 is 4.90. The molecule has 0 saturated heterocycles. The van der Waals surface area contributed by atoms with Crippen LogP contribution in [0.1, 0.15) is 17.8 Å². The maximum Gasteiger partial charge on any atom is 0.213 e. The molecule has 0 saturated carbocycles. The molecule has 0 aliphatic heterocycles. The summed E-state index contributed by atoms with van der Waals surface area (Å²) in [6.45, 7) is 0. The number of H-pyrrole nitrogens is 2. The predicted molar refractivity (Wildman–Crippen MR) is 68.8 cm³/mol. The van der Waals surface area contributed by atoms with Gasteiger partial charge in [0.15, 0.2) is 0 Å². The number of nitrogens with zero attached hydrogens (tertiary/aromatic N) is 1. The minimum Gasteiger partial charge on any atom is -0.497 e.